The predicted octanol–water partition coefficient (Wildman–Crippen LogP) is 3.00. The normalized spacial score (nSPS) is 19.6. The number of thioether (sulfide) groups is 1. The summed E-state index contributed by atoms with van der Waals surface area (Å²) in [5.41, 5.74) is 0.563. The second-order valence-corrected chi connectivity index (χ2v) is 8.26. The minimum atomic E-state index is -0.209. The molecule has 2 saturated heterocycles. The van der Waals surface area contributed by atoms with Crippen molar-refractivity contribution in [1.29, 1.82) is 0 Å². The standard InChI is InChI=1S/C17H22ClN3O2S/c1-19(2)16(23)20-9-7-17(8-10-20)21(11-12-24-17)15(22)13-5-3-4-6-14(13)18/h3-6H,7-12H2,1-2H3. The average Bonchev–Trinajstić information content (AvgIpc) is 2.98. The number of rotatable bonds is 1. The molecule has 0 aromatic heterocycles. The van der Waals surface area contributed by atoms with Crippen LogP contribution < -0.4 is 0 Å². The van der Waals surface area contributed by atoms with Gasteiger partial charge in [0, 0.05) is 39.5 Å². The fourth-order valence-electron chi connectivity index (χ4n) is 3.42. The van der Waals surface area contributed by atoms with Gasteiger partial charge in [0.25, 0.3) is 5.91 Å². The molecule has 2 aliphatic rings. The predicted molar refractivity (Wildman–Crippen MR) is 97.6 cm³/mol. The van der Waals surface area contributed by atoms with Gasteiger partial charge in [-0.2, -0.15) is 0 Å². The highest BCUT2D eigenvalue weighted by Crippen LogP contribution is 2.44. The molecule has 2 fully saturated rings. The van der Waals surface area contributed by atoms with Crippen LogP contribution in [0.15, 0.2) is 24.3 Å². The first-order valence-corrected chi connectivity index (χ1v) is 9.48. The van der Waals surface area contributed by atoms with Crippen LogP contribution in [-0.4, -0.2) is 71.0 Å². The second kappa shape index (κ2) is 6.84. The van der Waals surface area contributed by atoms with E-state index in [0.29, 0.717) is 23.7 Å². The quantitative estimate of drug-likeness (QED) is 0.766. The number of amides is 3. The number of hydrogen-bond acceptors (Lipinski definition) is 3. The molecule has 1 aromatic rings. The summed E-state index contributed by atoms with van der Waals surface area (Å²) in [7, 11) is 3.54. The van der Waals surface area contributed by atoms with Crippen molar-refractivity contribution >= 4 is 35.3 Å². The van der Waals surface area contributed by atoms with E-state index in [1.54, 1.807) is 31.1 Å². The van der Waals surface area contributed by atoms with Crippen LogP contribution >= 0.6 is 23.4 Å². The Kier molecular flexibility index (Phi) is 4.97. The first-order valence-electron chi connectivity index (χ1n) is 8.11. The number of nitrogens with zero attached hydrogens (tertiary/aromatic N) is 3. The third kappa shape index (κ3) is 3.09. The lowest BCUT2D eigenvalue weighted by Gasteiger charge is -2.44. The van der Waals surface area contributed by atoms with Crippen molar-refractivity contribution < 1.29 is 9.59 Å². The number of urea groups is 1. The molecule has 7 heteroatoms. The van der Waals surface area contributed by atoms with E-state index in [4.69, 9.17) is 11.6 Å². The molecule has 3 rings (SSSR count). The minimum absolute atomic E-state index is 0.00186. The molecule has 0 bridgehead atoms. The molecular formula is C17H22ClN3O2S. The van der Waals surface area contributed by atoms with E-state index in [-0.39, 0.29) is 16.8 Å². The van der Waals surface area contributed by atoms with Crippen molar-refractivity contribution in [3.63, 3.8) is 0 Å². The zero-order valence-electron chi connectivity index (χ0n) is 14.0. The van der Waals surface area contributed by atoms with Gasteiger partial charge in [0.05, 0.1) is 15.5 Å². The first-order chi connectivity index (χ1) is 11.4. The summed E-state index contributed by atoms with van der Waals surface area (Å²) in [6.07, 6.45) is 1.60. The van der Waals surface area contributed by atoms with Gasteiger partial charge in [-0.3, -0.25) is 4.79 Å². The van der Waals surface area contributed by atoms with Crippen LogP contribution in [0, 0.1) is 0 Å². The number of halogens is 1. The molecule has 0 atom stereocenters. The summed E-state index contributed by atoms with van der Waals surface area (Å²) < 4.78 is 0. The molecular weight excluding hydrogens is 346 g/mol. The molecule has 2 aliphatic heterocycles. The summed E-state index contributed by atoms with van der Waals surface area (Å²) in [5.74, 6) is 0.927. The molecule has 5 nitrogen and oxygen atoms in total. The number of piperidine rings is 1. The van der Waals surface area contributed by atoms with Gasteiger partial charge in [0.1, 0.15) is 0 Å². The van der Waals surface area contributed by atoms with Crippen LogP contribution in [0.5, 0.6) is 0 Å². The van der Waals surface area contributed by atoms with Gasteiger partial charge in [0.15, 0.2) is 0 Å². The van der Waals surface area contributed by atoms with Crippen molar-refractivity contribution in [1.82, 2.24) is 14.7 Å². The van der Waals surface area contributed by atoms with Crippen molar-refractivity contribution in [2.45, 2.75) is 17.7 Å². The van der Waals surface area contributed by atoms with E-state index >= 15 is 0 Å². The largest absolute Gasteiger partial charge is 0.331 e. The Morgan fingerprint density at radius 1 is 1.17 bits per heavy atom. The van der Waals surface area contributed by atoms with E-state index in [0.717, 1.165) is 25.1 Å². The Bertz CT molecular complexity index is 644. The molecule has 2 heterocycles. The SMILES string of the molecule is CN(C)C(=O)N1CCC2(CC1)SCCN2C(=O)c1ccccc1Cl. The highest BCUT2D eigenvalue weighted by molar-refractivity contribution is 8.00. The fraction of sp³-hybridized carbons (Fsp3) is 0.529. The Morgan fingerprint density at radius 2 is 1.83 bits per heavy atom. The zero-order valence-corrected chi connectivity index (χ0v) is 15.6. The molecule has 24 heavy (non-hydrogen) atoms. The van der Waals surface area contributed by atoms with Gasteiger partial charge < -0.3 is 14.7 Å². The molecule has 0 aliphatic carbocycles. The topological polar surface area (TPSA) is 43.9 Å². The van der Waals surface area contributed by atoms with Crippen LogP contribution in [0.4, 0.5) is 4.79 Å². The van der Waals surface area contributed by atoms with E-state index in [1.165, 1.54) is 0 Å². The summed E-state index contributed by atoms with van der Waals surface area (Å²) in [6.45, 7) is 2.09. The van der Waals surface area contributed by atoms with Gasteiger partial charge in [-0.15, -0.1) is 11.8 Å². The van der Waals surface area contributed by atoms with Crippen LogP contribution in [0.25, 0.3) is 0 Å². The third-order valence-corrected chi connectivity index (χ3v) is 6.61. The molecule has 130 valence electrons. The van der Waals surface area contributed by atoms with Gasteiger partial charge >= 0.3 is 6.03 Å². The number of hydrogen-bond donors (Lipinski definition) is 0. The van der Waals surface area contributed by atoms with Crippen LogP contribution in [-0.2, 0) is 0 Å². The fourth-order valence-corrected chi connectivity index (χ4v) is 5.09. The number of benzene rings is 1. The summed E-state index contributed by atoms with van der Waals surface area (Å²) in [4.78, 5) is 30.4. The number of likely N-dealkylation sites (tertiary alicyclic amines) is 1. The lowest BCUT2D eigenvalue weighted by Crippen LogP contribution is -2.54. The summed E-state index contributed by atoms with van der Waals surface area (Å²) >= 11 is 8.05. The van der Waals surface area contributed by atoms with Gasteiger partial charge in [-0.1, -0.05) is 23.7 Å². The van der Waals surface area contributed by atoms with Crippen LogP contribution in [0.1, 0.15) is 23.2 Å². The van der Waals surface area contributed by atoms with Crippen molar-refractivity contribution in [3.05, 3.63) is 34.9 Å². The van der Waals surface area contributed by atoms with E-state index < -0.39 is 0 Å². The molecule has 3 amide bonds. The maximum absolute atomic E-state index is 13.0. The highest BCUT2D eigenvalue weighted by atomic mass is 35.5. The molecule has 0 saturated carbocycles. The second-order valence-electron chi connectivity index (χ2n) is 6.40. The summed E-state index contributed by atoms with van der Waals surface area (Å²) in [6, 6.07) is 7.25. The van der Waals surface area contributed by atoms with E-state index in [1.807, 2.05) is 33.7 Å². The van der Waals surface area contributed by atoms with E-state index in [9.17, 15) is 9.59 Å². The lowest BCUT2D eigenvalue weighted by molar-refractivity contribution is 0.0570. The van der Waals surface area contributed by atoms with Crippen molar-refractivity contribution in [2.24, 2.45) is 0 Å². The molecule has 0 radical (unpaired) electrons. The summed E-state index contributed by atoms with van der Waals surface area (Å²) in [5, 5.41) is 0.495. The minimum Gasteiger partial charge on any atom is -0.331 e. The van der Waals surface area contributed by atoms with Crippen LogP contribution in [0.2, 0.25) is 5.02 Å². The lowest BCUT2D eigenvalue weighted by atomic mass is 10.0. The average molecular weight is 368 g/mol. The smallest absolute Gasteiger partial charge is 0.319 e. The maximum atomic E-state index is 13.0. The first kappa shape index (κ1) is 17.4. The van der Waals surface area contributed by atoms with Gasteiger partial charge in [-0.25, -0.2) is 4.79 Å². The van der Waals surface area contributed by atoms with Gasteiger partial charge in [0.2, 0.25) is 0 Å². The highest BCUT2D eigenvalue weighted by Gasteiger charge is 2.47. The number of carbonyl (C=O) groups excluding carboxylic acids is 2. The monoisotopic (exact) mass is 367 g/mol. The Hall–Kier alpha value is -1.40. The van der Waals surface area contributed by atoms with Crippen molar-refractivity contribution in [3.8, 4) is 0 Å². The zero-order chi connectivity index (χ0) is 17.3. The third-order valence-electron chi connectivity index (χ3n) is 4.72. The Labute approximate surface area is 151 Å². The van der Waals surface area contributed by atoms with E-state index in [2.05, 4.69) is 0 Å². The molecule has 1 spiro atoms. The molecule has 0 N–H and O–H groups in total. The molecule has 0 unspecified atom stereocenters. The number of carbonyl (C=O) groups is 2. The van der Waals surface area contributed by atoms with Gasteiger partial charge in [-0.05, 0) is 25.0 Å². The van der Waals surface area contributed by atoms with Crippen molar-refractivity contribution in [2.75, 3.05) is 39.5 Å². The maximum Gasteiger partial charge on any atom is 0.319 e. The van der Waals surface area contributed by atoms with Crippen LogP contribution in [0.3, 0.4) is 0 Å². The molecule has 1 aromatic carbocycles. The Balaban J connectivity index is 1.76. The Morgan fingerprint density at radius 3 is 2.46 bits per heavy atom.